The average molecular weight is 648 g/mol. The molecule has 0 saturated carbocycles. The van der Waals surface area contributed by atoms with E-state index >= 15 is 0 Å². The van der Waals surface area contributed by atoms with E-state index in [1.807, 2.05) is 0 Å². The summed E-state index contributed by atoms with van der Waals surface area (Å²) in [5, 5.41) is 13.5. The zero-order valence-electron chi connectivity index (χ0n) is 22.8. The Bertz CT molecular complexity index is 1670. The second-order valence-electron chi connectivity index (χ2n) is 9.33. The number of fused-ring (bicyclic) bond motifs is 1. The minimum Gasteiger partial charge on any atom is -0.494 e. The summed E-state index contributed by atoms with van der Waals surface area (Å²) in [4.78, 5) is 21.3. The summed E-state index contributed by atoms with van der Waals surface area (Å²) in [6, 6.07) is 6.69. The molecule has 0 aliphatic heterocycles. The van der Waals surface area contributed by atoms with Gasteiger partial charge in [0.1, 0.15) is 35.1 Å². The number of rotatable bonds is 10. The molecule has 230 valence electrons. The van der Waals surface area contributed by atoms with Gasteiger partial charge in [-0.2, -0.15) is 13.2 Å². The molecule has 1 atom stereocenters. The van der Waals surface area contributed by atoms with Crippen LogP contribution < -0.4 is 14.8 Å². The Hall–Kier alpha value is -3.62. The van der Waals surface area contributed by atoms with Gasteiger partial charge in [0.2, 0.25) is 5.60 Å². The number of ether oxygens (including phenoxy) is 2. The third kappa shape index (κ3) is 6.65. The van der Waals surface area contributed by atoms with Gasteiger partial charge in [-0.1, -0.05) is 18.5 Å². The molecule has 0 fully saturated rings. The maximum atomic E-state index is 14.5. The lowest BCUT2D eigenvalue weighted by atomic mass is 9.94. The Morgan fingerprint density at radius 1 is 1.16 bits per heavy atom. The number of pyridine rings is 1. The van der Waals surface area contributed by atoms with Gasteiger partial charge >= 0.3 is 6.18 Å². The lowest BCUT2D eigenvalue weighted by molar-refractivity contribution is -0.265. The van der Waals surface area contributed by atoms with Crippen LogP contribution in [-0.4, -0.2) is 53.8 Å². The van der Waals surface area contributed by atoms with Gasteiger partial charge in [-0.3, -0.25) is 4.79 Å². The van der Waals surface area contributed by atoms with Crippen molar-refractivity contribution in [3.8, 4) is 22.8 Å². The lowest BCUT2D eigenvalue weighted by Crippen LogP contribution is -2.51. The fraction of sp³-hybridized carbons (Fsp3) is 0.321. The van der Waals surface area contributed by atoms with Crippen LogP contribution in [0, 0.1) is 12.7 Å². The Morgan fingerprint density at radius 3 is 2.49 bits per heavy atom. The average Bonchev–Trinajstić information content (AvgIpc) is 3.34. The highest BCUT2D eigenvalue weighted by Gasteiger charge is 2.56. The first-order valence-corrected chi connectivity index (χ1v) is 13.8. The molecular formula is C28H24ClF6N3O4S. The number of nitrogens with zero attached hydrogens (tertiary/aromatic N) is 2. The van der Waals surface area contributed by atoms with E-state index in [9.17, 15) is 36.2 Å². The van der Waals surface area contributed by atoms with Crippen LogP contribution in [0.4, 0.5) is 26.3 Å². The van der Waals surface area contributed by atoms with Crippen LogP contribution in [0.5, 0.6) is 11.5 Å². The number of aliphatic hydroxyl groups is 1. The molecule has 0 spiro atoms. The first kappa shape index (κ1) is 32.3. The standard InChI is InChI=1S/C28H24ClF6N3O4S/c1-4-14-10-21(38-23(25(14)42-11-22(31)32)15-5-6-18(30)17(29)7-15)27(40,28(33,34)35)12-36-26(39)16-8-19(41-3)24-20(9-16)43-13(2)37-24/h5-10,22,40H,4,11-12H2,1-3H3,(H,36,39)/t27-/m0/s1. The molecular weight excluding hydrogens is 624 g/mol. The Balaban J connectivity index is 1.79. The van der Waals surface area contributed by atoms with Crippen molar-refractivity contribution in [1.82, 2.24) is 15.3 Å². The number of hydrogen-bond donors (Lipinski definition) is 2. The largest absolute Gasteiger partial charge is 0.494 e. The first-order valence-electron chi connectivity index (χ1n) is 12.6. The first-order chi connectivity index (χ1) is 20.2. The second-order valence-corrected chi connectivity index (χ2v) is 11.0. The van der Waals surface area contributed by atoms with Crippen LogP contribution in [0.1, 0.15) is 33.5 Å². The summed E-state index contributed by atoms with van der Waals surface area (Å²) in [6.45, 7) is 0.786. The molecule has 43 heavy (non-hydrogen) atoms. The van der Waals surface area contributed by atoms with Crippen LogP contribution in [-0.2, 0) is 12.0 Å². The van der Waals surface area contributed by atoms with Crippen molar-refractivity contribution in [3.63, 3.8) is 0 Å². The molecule has 0 bridgehead atoms. The monoisotopic (exact) mass is 647 g/mol. The molecule has 4 rings (SSSR count). The van der Waals surface area contributed by atoms with E-state index in [1.54, 1.807) is 6.92 Å². The number of alkyl halides is 5. The van der Waals surface area contributed by atoms with E-state index in [0.29, 0.717) is 15.2 Å². The Kier molecular flexibility index (Phi) is 9.42. The van der Waals surface area contributed by atoms with Crippen molar-refractivity contribution in [3.05, 3.63) is 69.1 Å². The molecule has 0 radical (unpaired) electrons. The van der Waals surface area contributed by atoms with Crippen molar-refractivity contribution in [1.29, 1.82) is 0 Å². The molecule has 0 unspecified atom stereocenters. The van der Waals surface area contributed by atoms with Crippen LogP contribution in [0.2, 0.25) is 5.02 Å². The zero-order chi connectivity index (χ0) is 31.7. The van der Waals surface area contributed by atoms with Gasteiger partial charge in [0.15, 0.2) is 0 Å². The van der Waals surface area contributed by atoms with E-state index < -0.39 is 53.8 Å². The third-order valence-electron chi connectivity index (χ3n) is 6.42. The van der Waals surface area contributed by atoms with Crippen molar-refractivity contribution in [2.75, 3.05) is 20.3 Å². The number of hydrogen-bond acceptors (Lipinski definition) is 7. The van der Waals surface area contributed by atoms with Crippen molar-refractivity contribution in [2.45, 2.75) is 38.5 Å². The molecule has 2 aromatic heterocycles. The van der Waals surface area contributed by atoms with Crippen LogP contribution in [0.15, 0.2) is 36.4 Å². The van der Waals surface area contributed by atoms with E-state index in [2.05, 4.69) is 15.3 Å². The predicted molar refractivity (Wildman–Crippen MR) is 149 cm³/mol. The van der Waals surface area contributed by atoms with E-state index in [-0.39, 0.29) is 40.3 Å². The third-order valence-corrected chi connectivity index (χ3v) is 7.63. The van der Waals surface area contributed by atoms with Crippen LogP contribution in [0.25, 0.3) is 21.5 Å². The maximum absolute atomic E-state index is 14.5. The number of aromatic nitrogens is 2. The number of amides is 1. The molecule has 0 aliphatic carbocycles. The van der Waals surface area contributed by atoms with E-state index in [4.69, 9.17) is 21.1 Å². The minimum absolute atomic E-state index is 0.00847. The molecule has 15 heteroatoms. The number of halogens is 7. The van der Waals surface area contributed by atoms with Gasteiger partial charge in [0.05, 0.1) is 34.1 Å². The highest BCUT2D eigenvalue weighted by molar-refractivity contribution is 7.18. The predicted octanol–water partition coefficient (Wildman–Crippen LogP) is 6.85. The molecule has 1 amide bonds. The second kappa shape index (κ2) is 12.5. The fourth-order valence-electron chi connectivity index (χ4n) is 4.25. The summed E-state index contributed by atoms with van der Waals surface area (Å²) in [5.74, 6) is -1.85. The molecule has 7 nitrogen and oxygen atoms in total. The maximum Gasteiger partial charge on any atom is 0.424 e. The molecule has 0 saturated heterocycles. The number of methoxy groups -OCH3 is 1. The summed E-state index contributed by atoms with van der Waals surface area (Å²) in [7, 11) is 1.35. The topological polar surface area (TPSA) is 93.6 Å². The van der Waals surface area contributed by atoms with Gasteiger partial charge in [0, 0.05) is 11.1 Å². The number of thiazole rings is 1. The van der Waals surface area contributed by atoms with Gasteiger partial charge in [-0.05, 0) is 55.3 Å². The van der Waals surface area contributed by atoms with Crippen molar-refractivity contribution >= 4 is 39.1 Å². The van der Waals surface area contributed by atoms with Gasteiger partial charge < -0.3 is 19.9 Å². The summed E-state index contributed by atoms with van der Waals surface area (Å²) in [6.07, 6.45) is -8.33. The molecule has 2 aromatic carbocycles. The quantitative estimate of drug-likeness (QED) is 0.183. The van der Waals surface area contributed by atoms with Crippen molar-refractivity contribution < 1.29 is 45.7 Å². The van der Waals surface area contributed by atoms with Crippen molar-refractivity contribution in [2.24, 2.45) is 0 Å². The van der Waals surface area contributed by atoms with Crippen LogP contribution in [0.3, 0.4) is 0 Å². The number of carbonyl (C=O) groups excluding carboxylic acids is 1. The molecule has 4 aromatic rings. The lowest BCUT2D eigenvalue weighted by Gasteiger charge is -2.31. The molecule has 0 aliphatic rings. The van der Waals surface area contributed by atoms with Gasteiger partial charge in [-0.15, -0.1) is 11.3 Å². The van der Waals surface area contributed by atoms with E-state index in [1.165, 1.54) is 37.5 Å². The van der Waals surface area contributed by atoms with Gasteiger partial charge in [0.25, 0.3) is 12.3 Å². The summed E-state index contributed by atoms with van der Waals surface area (Å²) >= 11 is 7.12. The summed E-state index contributed by atoms with van der Waals surface area (Å²) < 4.78 is 94.6. The number of benzene rings is 2. The minimum atomic E-state index is -5.38. The van der Waals surface area contributed by atoms with E-state index in [0.717, 1.165) is 24.3 Å². The molecule has 2 N–H and O–H groups in total. The SMILES string of the molecule is CCc1cc([C@@](O)(CNC(=O)c2cc(OC)c3nc(C)sc3c2)C(F)(F)F)nc(-c2ccc(F)c(Cl)c2)c1OCC(F)F. The van der Waals surface area contributed by atoms with Gasteiger partial charge in [-0.25, -0.2) is 23.1 Å². The number of carbonyl (C=O) groups is 1. The number of nitrogens with one attached hydrogen (secondary N) is 1. The Labute approximate surface area is 250 Å². The summed E-state index contributed by atoms with van der Waals surface area (Å²) in [5.41, 5.74) is -4.72. The smallest absolute Gasteiger partial charge is 0.424 e. The number of aryl methyl sites for hydroxylation is 2. The zero-order valence-corrected chi connectivity index (χ0v) is 24.4. The highest BCUT2D eigenvalue weighted by atomic mass is 35.5. The van der Waals surface area contributed by atoms with Crippen LogP contribution >= 0.6 is 22.9 Å². The Morgan fingerprint density at radius 2 is 1.88 bits per heavy atom. The fourth-order valence-corrected chi connectivity index (χ4v) is 5.31. The molecule has 2 heterocycles. The normalized spacial score (nSPS) is 13.3. The highest BCUT2D eigenvalue weighted by Crippen LogP contribution is 2.42.